The quantitative estimate of drug-likeness (QED) is 0.785. The molecule has 0 heterocycles. The van der Waals surface area contributed by atoms with Crippen molar-refractivity contribution in [1.82, 2.24) is 5.48 Å². The number of hydroxylamine groups is 1. The first-order valence-electron chi connectivity index (χ1n) is 4.83. The molecule has 0 saturated heterocycles. The van der Waals surface area contributed by atoms with Crippen molar-refractivity contribution in [3.63, 3.8) is 0 Å². The van der Waals surface area contributed by atoms with Crippen LogP contribution in [-0.2, 0) is 16.1 Å². The van der Waals surface area contributed by atoms with Crippen molar-refractivity contribution < 1.29 is 9.63 Å². The fraction of sp³-hybridized carbons (Fsp3) is 0.364. The predicted molar refractivity (Wildman–Crippen MR) is 59.5 cm³/mol. The third-order valence-corrected chi connectivity index (χ3v) is 2.23. The van der Waals surface area contributed by atoms with E-state index in [4.69, 9.17) is 11.6 Å². The van der Waals surface area contributed by atoms with Crippen LogP contribution in [0.1, 0.15) is 18.4 Å². The van der Waals surface area contributed by atoms with Gasteiger partial charge in [0.15, 0.2) is 0 Å². The minimum Gasteiger partial charge on any atom is -0.371 e. The highest BCUT2D eigenvalue weighted by Gasteiger charge is 2.01. The molecule has 4 heteroatoms. The van der Waals surface area contributed by atoms with Crippen LogP contribution in [0.4, 0.5) is 0 Å². The molecule has 0 atom stereocenters. The zero-order chi connectivity index (χ0) is 11.1. The smallest absolute Gasteiger partial charge is 0.324 e. The van der Waals surface area contributed by atoms with Gasteiger partial charge < -0.3 is 4.84 Å². The molecule has 0 aliphatic carbocycles. The molecule has 0 aromatic heterocycles. The van der Waals surface area contributed by atoms with Gasteiger partial charge in [-0.2, -0.15) is 5.48 Å². The SMILES string of the molecule is CNOC(=O)CCCc1ccc(Cl)cc1. The number of carbonyl (C=O) groups is 1. The van der Waals surface area contributed by atoms with Gasteiger partial charge in [-0.1, -0.05) is 23.7 Å². The van der Waals surface area contributed by atoms with Crippen LogP contribution in [0.3, 0.4) is 0 Å². The van der Waals surface area contributed by atoms with Gasteiger partial charge in [0, 0.05) is 18.5 Å². The molecule has 0 saturated carbocycles. The summed E-state index contributed by atoms with van der Waals surface area (Å²) in [6.07, 6.45) is 2.06. The van der Waals surface area contributed by atoms with Crippen LogP contribution in [0.5, 0.6) is 0 Å². The third kappa shape index (κ3) is 4.81. The Labute approximate surface area is 94.3 Å². The lowest BCUT2D eigenvalue weighted by Gasteiger charge is -2.02. The van der Waals surface area contributed by atoms with Crippen LogP contribution >= 0.6 is 11.6 Å². The monoisotopic (exact) mass is 227 g/mol. The second-order valence-electron chi connectivity index (χ2n) is 3.16. The molecular formula is C11H14ClNO2. The lowest BCUT2D eigenvalue weighted by Crippen LogP contribution is -2.14. The zero-order valence-corrected chi connectivity index (χ0v) is 9.38. The van der Waals surface area contributed by atoms with Gasteiger partial charge in [0.1, 0.15) is 0 Å². The first kappa shape index (κ1) is 12.0. The lowest BCUT2D eigenvalue weighted by atomic mass is 10.1. The van der Waals surface area contributed by atoms with Crippen molar-refractivity contribution in [3.8, 4) is 0 Å². The normalized spacial score (nSPS) is 10.0. The van der Waals surface area contributed by atoms with E-state index in [9.17, 15) is 4.79 Å². The summed E-state index contributed by atoms with van der Waals surface area (Å²) in [5, 5.41) is 0.730. The Bertz CT molecular complexity index is 311. The molecule has 1 aromatic rings. The molecule has 0 amide bonds. The number of hydrogen-bond donors (Lipinski definition) is 1. The fourth-order valence-electron chi connectivity index (χ4n) is 1.25. The van der Waals surface area contributed by atoms with Crippen LogP contribution in [0, 0.1) is 0 Å². The van der Waals surface area contributed by atoms with Gasteiger partial charge in [0.25, 0.3) is 0 Å². The second-order valence-corrected chi connectivity index (χ2v) is 3.59. The molecule has 0 radical (unpaired) electrons. The van der Waals surface area contributed by atoms with Crippen molar-refractivity contribution in [1.29, 1.82) is 0 Å². The first-order valence-corrected chi connectivity index (χ1v) is 5.21. The van der Waals surface area contributed by atoms with Gasteiger partial charge in [0.05, 0.1) is 0 Å². The molecule has 0 fully saturated rings. The lowest BCUT2D eigenvalue weighted by molar-refractivity contribution is -0.149. The van der Waals surface area contributed by atoms with Gasteiger partial charge in [-0.15, -0.1) is 0 Å². The van der Waals surface area contributed by atoms with E-state index >= 15 is 0 Å². The average molecular weight is 228 g/mol. The summed E-state index contributed by atoms with van der Waals surface area (Å²) in [6, 6.07) is 7.63. The molecule has 0 aliphatic heterocycles. The number of hydrogen-bond acceptors (Lipinski definition) is 3. The standard InChI is InChI=1S/C11H14ClNO2/c1-13-15-11(14)4-2-3-9-5-7-10(12)8-6-9/h5-8,13H,2-4H2,1H3. The predicted octanol–water partition coefficient (Wildman–Crippen LogP) is 2.34. The largest absolute Gasteiger partial charge is 0.371 e. The number of benzene rings is 1. The molecule has 15 heavy (non-hydrogen) atoms. The van der Waals surface area contributed by atoms with E-state index in [1.54, 1.807) is 7.05 Å². The van der Waals surface area contributed by atoms with Gasteiger partial charge in [-0.25, -0.2) is 0 Å². The number of carbonyl (C=O) groups excluding carboxylic acids is 1. The van der Waals surface area contributed by atoms with E-state index < -0.39 is 0 Å². The number of aryl methyl sites for hydroxylation is 1. The fourth-order valence-corrected chi connectivity index (χ4v) is 1.38. The molecule has 0 unspecified atom stereocenters. The minimum atomic E-state index is -0.230. The highest BCUT2D eigenvalue weighted by atomic mass is 35.5. The maximum atomic E-state index is 11.0. The average Bonchev–Trinajstić information content (AvgIpc) is 2.21. The van der Waals surface area contributed by atoms with Crippen molar-refractivity contribution in [2.75, 3.05) is 7.05 Å². The third-order valence-electron chi connectivity index (χ3n) is 1.98. The van der Waals surface area contributed by atoms with Gasteiger partial charge in [-0.3, -0.25) is 4.79 Å². The Hall–Kier alpha value is -1.06. The number of rotatable bonds is 5. The summed E-state index contributed by atoms with van der Waals surface area (Å²) in [7, 11) is 1.57. The van der Waals surface area contributed by atoms with Gasteiger partial charge in [-0.05, 0) is 30.5 Å². The minimum absolute atomic E-state index is 0.230. The van der Waals surface area contributed by atoms with E-state index in [-0.39, 0.29) is 5.97 Å². The van der Waals surface area contributed by atoms with Crippen LogP contribution < -0.4 is 5.48 Å². The molecule has 0 aliphatic rings. The first-order chi connectivity index (χ1) is 7.22. The van der Waals surface area contributed by atoms with E-state index in [0.717, 1.165) is 17.9 Å². The maximum Gasteiger partial charge on any atom is 0.324 e. The summed E-state index contributed by atoms with van der Waals surface area (Å²) in [5.74, 6) is -0.230. The highest BCUT2D eigenvalue weighted by molar-refractivity contribution is 6.30. The Morgan fingerprint density at radius 2 is 2.07 bits per heavy atom. The van der Waals surface area contributed by atoms with Crippen LogP contribution in [-0.4, -0.2) is 13.0 Å². The molecule has 0 spiro atoms. The van der Waals surface area contributed by atoms with Gasteiger partial charge >= 0.3 is 5.97 Å². The molecule has 0 bridgehead atoms. The maximum absolute atomic E-state index is 11.0. The Morgan fingerprint density at radius 3 is 2.67 bits per heavy atom. The summed E-state index contributed by atoms with van der Waals surface area (Å²) in [6.45, 7) is 0. The zero-order valence-electron chi connectivity index (χ0n) is 8.63. The number of halogens is 1. The van der Waals surface area contributed by atoms with E-state index in [0.29, 0.717) is 6.42 Å². The van der Waals surface area contributed by atoms with Crippen LogP contribution in [0.15, 0.2) is 24.3 Å². The van der Waals surface area contributed by atoms with Crippen molar-refractivity contribution in [3.05, 3.63) is 34.9 Å². The van der Waals surface area contributed by atoms with Crippen LogP contribution in [0.25, 0.3) is 0 Å². The topological polar surface area (TPSA) is 38.3 Å². The molecule has 1 aromatic carbocycles. The van der Waals surface area contributed by atoms with Crippen molar-refractivity contribution >= 4 is 17.6 Å². The Balaban J connectivity index is 2.26. The molecule has 1 N–H and O–H groups in total. The van der Waals surface area contributed by atoms with Crippen molar-refractivity contribution in [2.45, 2.75) is 19.3 Å². The molecule has 3 nitrogen and oxygen atoms in total. The highest BCUT2D eigenvalue weighted by Crippen LogP contribution is 2.11. The Kier molecular flexibility index (Phi) is 5.15. The summed E-state index contributed by atoms with van der Waals surface area (Å²) < 4.78 is 0. The van der Waals surface area contributed by atoms with Crippen LogP contribution in [0.2, 0.25) is 5.02 Å². The van der Waals surface area contributed by atoms with E-state index in [2.05, 4.69) is 10.3 Å². The summed E-state index contributed by atoms with van der Waals surface area (Å²) in [4.78, 5) is 15.6. The van der Waals surface area contributed by atoms with Gasteiger partial charge in [0.2, 0.25) is 0 Å². The summed E-state index contributed by atoms with van der Waals surface area (Å²) in [5.41, 5.74) is 3.53. The molecule has 1 rings (SSSR count). The van der Waals surface area contributed by atoms with E-state index in [1.165, 1.54) is 5.56 Å². The van der Waals surface area contributed by atoms with E-state index in [1.807, 2.05) is 24.3 Å². The molecular weight excluding hydrogens is 214 g/mol. The Morgan fingerprint density at radius 1 is 1.40 bits per heavy atom. The number of nitrogens with one attached hydrogen (secondary N) is 1. The summed E-state index contributed by atoms with van der Waals surface area (Å²) >= 11 is 5.76. The molecule has 82 valence electrons. The van der Waals surface area contributed by atoms with Crippen molar-refractivity contribution in [2.24, 2.45) is 0 Å². The second kappa shape index (κ2) is 6.43.